The van der Waals surface area contributed by atoms with Gasteiger partial charge in [-0.25, -0.2) is 0 Å². The molecule has 0 aliphatic rings. The smallest absolute Gasteiger partial charge is 0.0351 e. The van der Waals surface area contributed by atoms with Gasteiger partial charge >= 0.3 is 0 Å². The highest BCUT2D eigenvalue weighted by atomic mass is 13.9. The summed E-state index contributed by atoms with van der Waals surface area (Å²) >= 11 is 0. The van der Waals surface area contributed by atoms with Gasteiger partial charge in [-0.3, -0.25) is 0 Å². The van der Waals surface area contributed by atoms with Crippen molar-refractivity contribution >= 4 is 0 Å². The molecule has 0 aromatic carbocycles. The molecule has 1 radical (unpaired) electrons. The van der Waals surface area contributed by atoms with Crippen molar-refractivity contribution in [1.82, 2.24) is 0 Å². The molecular formula is C14H27. The normalized spacial score (nSPS) is 11.3. The van der Waals surface area contributed by atoms with E-state index in [1.165, 1.54) is 57.8 Å². The molecule has 0 heteroatoms. The molecule has 0 rings (SSSR count). The van der Waals surface area contributed by atoms with E-state index in [9.17, 15) is 0 Å². The predicted molar refractivity (Wildman–Crippen MR) is 66.3 cm³/mol. The zero-order valence-corrected chi connectivity index (χ0v) is 9.93. The average Bonchev–Trinajstić information content (AvgIpc) is 2.21. The minimum Gasteiger partial charge on any atom is -0.0885 e. The van der Waals surface area contributed by atoms with Crippen LogP contribution in [0.15, 0.2) is 12.2 Å². The summed E-state index contributed by atoms with van der Waals surface area (Å²) < 4.78 is 0. The zero-order chi connectivity index (χ0) is 10.5. The second kappa shape index (κ2) is 12.7. The Morgan fingerprint density at radius 2 is 1.36 bits per heavy atom. The summed E-state index contributed by atoms with van der Waals surface area (Å²) in [4.78, 5) is 0. The third-order valence-corrected chi connectivity index (χ3v) is 2.49. The van der Waals surface area contributed by atoms with Crippen LogP contribution < -0.4 is 0 Å². The Hall–Kier alpha value is -0.260. The largest absolute Gasteiger partial charge is 0.0885 e. The second-order valence-corrected chi connectivity index (χ2v) is 4.02. The maximum Gasteiger partial charge on any atom is -0.0351 e. The van der Waals surface area contributed by atoms with Crippen molar-refractivity contribution in [1.29, 1.82) is 0 Å². The SMILES string of the molecule is [CH2]CCCCCCCC/C=C\CCC. The van der Waals surface area contributed by atoms with Crippen LogP contribution in [0, 0.1) is 6.92 Å². The number of unbranched alkanes of at least 4 members (excludes halogenated alkanes) is 8. The van der Waals surface area contributed by atoms with E-state index in [1.807, 2.05) is 0 Å². The lowest BCUT2D eigenvalue weighted by Crippen LogP contribution is -1.78. The zero-order valence-electron chi connectivity index (χ0n) is 9.93. The van der Waals surface area contributed by atoms with Gasteiger partial charge < -0.3 is 0 Å². The highest BCUT2D eigenvalue weighted by Gasteiger charge is 1.88. The van der Waals surface area contributed by atoms with Crippen molar-refractivity contribution < 1.29 is 0 Å². The van der Waals surface area contributed by atoms with Crippen LogP contribution in [-0.4, -0.2) is 0 Å². The highest BCUT2D eigenvalue weighted by Crippen LogP contribution is 2.08. The lowest BCUT2D eigenvalue weighted by atomic mass is 10.1. The molecule has 0 heterocycles. The molecule has 0 bridgehead atoms. The first-order valence-electron chi connectivity index (χ1n) is 6.36. The molecule has 14 heavy (non-hydrogen) atoms. The summed E-state index contributed by atoms with van der Waals surface area (Å²) in [5.74, 6) is 0. The van der Waals surface area contributed by atoms with E-state index in [-0.39, 0.29) is 0 Å². The van der Waals surface area contributed by atoms with Crippen LogP contribution in [0.25, 0.3) is 0 Å². The van der Waals surface area contributed by atoms with E-state index in [0.717, 1.165) is 6.42 Å². The van der Waals surface area contributed by atoms with Crippen molar-refractivity contribution in [2.45, 2.75) is 71.1 Å². The Bertz CT molecular complexity index is 113. The monoisotopic (exact) mass is 195 g/mol. The Labute approximate surface area is 90.8 Å². The molecule has 0 saturated carbocycles. The van der Waals surface area contributed by atoms with Gasteiger partial charge in [0.05, 0.1) is 0 Å². The first-order chi connectivity index (χ1) is 6.91. The Balaban J connectivity index is 2.91. The van der Waals surface area contributed by atoms with Crippen LogP contribution >= 0.6 is 0 Å². The Morgan fingerprint density at radius 3 is 2.00 bits per heavy atom. The Morgan fingerprint density at radius 1 is 0.786 bits per heavy atom. The van der Waals surface area contributed by atoms with Crippen LogP contribution in [0.5, 0.6) is 0 Å². The molecule has 83 valence electrons. The van der Waals surface area contributed by atoms with Crippen molar-refractivity contribution in [3.05, 3.63) is 19.1 Å². The molecule has 0 fully saturated rings. The first kappa shape index (κ1) is 13.7. The van der Waals surface area contributed by atoms with Crippen molar-refractivity contribution in [2.75, 3.05) is 0 Å². The van der Waals surface area contributed by atoms with E-state index in [0.29, 0.717) is 0 Å². The standard InChI is InChI=1S/C14H27/c1-3-5-7-9-11-13-14-12-10-8-6-4-2/h8,10H,1,3-7,9,11-14H2,2H3/b10-8-. The van der Waals surface area contributed by atoms with Gasteiger partial charge in [0.1, 0.15) is 0 Å². The van der Waals surface area contributed by atoms with Gasteiger partial charge in [-0.15, -0.1) is 0 Å². The molecule has 0 unspecified atom stereocenters. The summed E-state index contributed by atoms with van der Waals surface area (Å²) in [6.45, 7) is 6.08. The van der Waals surface area contributed by atoms with Gasteiger partial charge in [-0.2, -0.15) is 0 Å². The third kappa shape index (κ3) is 11.7. The molecule has 0 saturated heterocycles. The Kier molecular flexibility index (Phi) is 12.5. The summed E-state index contributed by atoms with van der Waals surface area (Å²) in [6, 6.07) is 0. The van der Waals surface area contributed by atoms with Crippen molar-refractivity contribution in [2.24, 2.45) is 0 Å². The minimum atomic E-state index is 1.11. The van der Waals surface area contributed by atoms with Gasteiger partial charge in [0, 0.05) is 0 Å². The second-order valence-electron chi connectivity index (χ2n) is 4.02. The molecule has 0 nitrogen and oxygen atoms in total. The fourth-order valence-electron chi connectivity index (χ4n) is 1.55. The van der Waals surface area contributed by atoms with Crippen LogP contribution in [0.2, 0.25) is 0 Å². The molecule has 0 spiro atoms. The van der Waals surface area contributed by atoms with Gasteiger partial charge in [0.15, 0.2) is 0 Å². The van der Waals surface area contributed by atoms with Gasteiger partial charge in [-0.1, -0.05) is 70.9 Å². The topological polar surface area (TPSA) is 0 Å². The maximum absolute atomic E-state index is 3.85. The van der Waals surface area contributed by atoms with E-state index >= 15 is 0 Å². The van der Waals surface area contributed by atoms with Crippen LogP contribution in [0.3, 0.4) is 0 Å². The van der Waals surface area contributed by atoms with Crippen molar-refractivity contribution in [3.8, 4) is 0 Å². The van der Waals surface area contributed by atoms with E-state index in [2.05, 4.69) is 26.0 Å². The number of hydrogen-bond acceptors (Lipinski definition) is 0. The minimum absolute atomic E-state index is 1.11. The summed E-state index contributed by atoms with van der Waals surface area (Å²) in [5.41, 5.74) is 0. The van der Waals surface area contributed by atoms with Gasteiger partial charge in [-0.05, 0) is 19.3 Å². The van der Waals surface area contributed by atoms with Gasteiger partial charge in [0.2, 0.25) is 0 Å². The fraction of sp³-hybridized carbons (Fsp3) is 0.786. The number of hydrogen-bond donors (Lipinski definition) is 0. The van der Waals surface area contributed by atoms with Crippen molar-refractivity contribution in [3.63, 3.8) is 0 Å². The predicted octanol–water partition coefficient (Wildman–Crippen LogP) is 5.30. The van der Waals surface area contributed by atoms with Crippen LogP contribution in [-0.2, 0) is 0 Å². The summed E-state index contributed by atoms with van der Waals surface area (Å²) in [7, 11) is 0. The van der Waals surface area contributed by atoms with Crippen LogP contribution in [0.4, 0.5) is 0 Å². The molecule has 0 aromatic heterocycles. The molecule has 0 atom stereocenters. The highest BCUT2D eigenvalue weighted by molar-refractivity contribution is 4.80. The molecular weight excluding hydrogens is 168 g/mol. The number of allylic oxidation sites excluding steroid dienone is 2. The first-order valence-corrected chi connectivity index (χ1v) is 6.36. The van der Waals surface area contributed by atoms with E-state index in [1.54, 1.807) is 0 Å². The third-order valence-electron chi connectivity index (χ3n) is 2.49. The number of rotatable bonds is 10. The van der Waals surface area contributed by atoms with E-state index < -0.39 is 0 Å². The molecule has 0 aliphatic carbocycles. The molecule has 0 aliphatic heterocycles. The fourth-order valence-corrected chi connectivity index (χ4v) is 1.55. The average molecular weight is 195 g/mol. The summed E-state index contributed by atoms with van der Waals surface area (Å²) in [5, 5.41) is 0. The van der Waals surface area contributed by atoms with E-state index in [4.69, 9.17) is 0 Å². The van der Waals surface area contributed by atoms with Crippen LogP contribution in [0.1, 0.15) is 71.1 Å². The van der Waals surface area contributed by atoms with Gasteiger partial charge in [0.25, 0.3) is 0 Å². The lowest BCUT2D eigenvalue weighted by molar-refractivity contribution is 0.599. The quantitative estimate of drug-likeness (QED) is 0.328. The summed E-state index contributed by atoms with van der Waals surface area (Å²) in [6.07, 6.45) is 17.9. The molecule has 0 N–H and O–H groups in total. The molecule has 0 aromatic rings. The molecule has 0 amide bonds. The lowest BCUT2D eigenvalue weighted by Gasteiger charge is -1.98. The maximum atomic E-state index is 3.85.